The summed E-state index contributed by atoms with van der Waals surface area (Å²) in [7, 11) is 0. The molecule has 4 nitrogen and oxygen atoms in total. The van der Waals surface area contributed by atoms with Crippen molar-refractivity contribution in [1.29, 1.82) is 0 Å². The molecule has 4 heteroatoms. The summed E-state index contributed by atoms with van der Waals surface area (Å²) in [4.78, 5) is 8.11. The van der Waals surface area contributed by atoms with Gasteiger partial charge < -0.3 is 9.84 Å². The van der Waals surface area contributed by atoms with Gasteiger partial charge in [-0.3, -0.25) is 4.98 Å². The van der Waals surface area contributed by atoms with Gasteiger partial charge in [0.15, 0.2) is 0 Å². The van der Waals surface area contributed by atoms with E-state index >= 15 is 0 Å². The minimum Gasteiger partial charge on any atom is -0.476 e. The fourth-order valence-corrected chi connectivity index (χ4v) is 2.06. The lowest BCUT2D eigenvalue weighted by molar-refractivity contribution is 0.201. The Bertz CT molecular complexity index is 307. The molecule has 0 aliphatic heterocycles. The van der Waals surface area contributed by atoms with Crippen LogP contribution in [0, 0.1) is 5.92 Å². The zero-order valence-electron chi connectivity index (χ0n) is 9.43. The van der Waals surface area contributed by atoms with Gasteiger partial charge in [0.2, 0.25) is 5.88 Å². The molecule has 2 rings (SSSR count). The van der Waals surface area contributed by atoms with Crippen molar-refractivity contribution in [3.05, 3.63) is 18.1 Å². The minimum atomic E-state index is -0.0735. The van der Waals surface area contributed by atoms with Crippen molar-refractivity contribution >= 4 is 0 Å². The average Bonchev–Trinajstić information content (AvgIpc) is 2.38. The van der Waals surface area contributed by atoms with Crippen molar-refractivity contribution in [2.45, 2.75) is 38.7 Å². The molecule has 1 aromatic heterocycles. The third-order valence-electron chi connectivity index (χ3n) is 3.04. The van der Waals surface area contributed by atoms with Crippen LogP contribution in [0.5, 0.6) is 5.88 Å². The van der Waals surface area contributed by atoms with Gasteiger partial charge in [0.1, 0.15) is 0 Å². The van der Waals surface area contributed by atoms with Gasteiger partial charge in [0, 0.05) is 0 Å². The van der Waals surface area contributed by atoms with Crippen LogP contribution in [0.15, 0.2) is 12.4 Å². The van der Waals surface area contributed by atoms with E-state index in [2.05, 4.69) is 9.97 Å². The average molecular weight is 222 g/mol. The largest absolute Gasteiger partial charge is 0.476 e. The van der Waals surface area contributed by atoms with Gasteiger partial charge in [-0.1, -0.05) is 19.3 Å². The van der Waals surface area contributed by atoms with Crippen LogP contribution in [0.1, 0.15) is 37.8 Å². The van der Waals surface area contributed by atoms with Crippen LogP contribution in [0.3, 0.4) is 0 Å². The highest BCUT2D eigenvalue weighted by atomic mass is 16.5. The zero-order chi connectivity index (χ0) is 11.2. The molecular weight excluding hydrogens is 204 g/mol. The normalized spacial score (nSPS) is 17.3. The smallest absolute Gasteiger partial charge is 0.232 e. The van der Waals surface area contributed by atoms with Gasteiger partial charge in [0.05, 0.1) is 31.3 Å². The summed E-state index contributed by atoms with van der Waals surface area (Å²) < 4.78 is 5.59. The number of hydrogen-bond acceptors (Lipinski definition) is 4. The molecule has 0 atom stereocenters. The highest BCUT2D eigenvalue weighted by Crippen LogP contribution is 2.24. The lowest BCUT2D eigenvalue weighted by Gasteiger charge is -2.21. The first-order valence-electron chi connectivity index (χ1n) is 5.93. The highest BCUT2D eigenvalue weighted by molar-refractivity contribution is 5.06. The molecule has 1 aliphatic carbocycles. The maximum atomic E-state index is 8.82. The van der Waals surface area contributed by atoms with Gasteiger partial charge in [-0.2, -0.15) is 0 Å². The molecule has 0 bridgehead atoms. The third-order valence-corrected chi connectivity index (χ3v) is 3.04. The van der Waals surface area contributed by atoms with Gasteiger partial charge in [-0.15, -0.1) is 0 Å². The molecule has 0 spiro atoms. The second-order valence-corrected chi connectivity index (χ2v) is 4.32. The number of hydrogen-bond donors (Lipinski definition) is 1. The van der Waals surface area contributed by atoms with Crippen molar-refractivity contribution in [3.63, 3.8) is 0 Å². The maximum Gasteiger partial charge on any atom is 0.232 e. The van der Waals surface area contributed by atoms with Crippen LogP contribution in [0.4, 0.5) is 0 Å². The Morgan fingerprint density at radius 2 is 2.00 bits per heavy atom. The van der Waals surface area contributed by atoms with Gasteiger partial charge in [-0.05, 0) is 18.8 Å². The van der Waals surface area contributed by atoms with Gasteiger partial charge in [0.25, 0.3) is 0 Å². The lowest BCUT2D eigenvalue weighted by Crippen LogP contribution is -2.15. The van der Waals surface area contributed by atoms with Crippen LogP contribution in [-0.2, 0) is 6.61 Å². The van der Waals surface area contributed by atoms with Crippen molar-refractivity contribution in [1.82, 2.24) is 9.97 Å². The predicted octanol–water partition coefficient (Wildman–Crippen LogP) is 1.93. The van der Waals surface area contributed by atoms with E-state index in [9.17, 15) is 0 Å². The monoisotopic (exact) mass is 222 g/mol. The molecule has 88 valence electrons. The highest BCUT2D eigenvalue weighted by Gasteiger charge is 2.14. The molecule has 0 radical (unpaired) electrons. The molecule has 1 aliphatic rings. The van der Waals surface area contributed by atoms with E-state index in [4.69, 9.17) is 9.84 Å². The quantitative estimate of drug-likeness (QED) is 0.845. The molecule has 16 heavy (non-hydrogen) atoms. The van der Waals surface area contributed by atoms with E-state index in [1.807, 2.05) is 0 Å². The van der Waals surface area contributed by atoms with Crippen LogP contribution >= 0.6 is 0 Å². The van der Waals surface area contributed by atoms with Crippen LogP contribution in [0.2, 0.25) is 0 Å². The molecule has 1 N–H and O–H groups in total. The Hall–Kier alpha value is -1.16. The summed E-state index contributed by atoms with van der Waals surface area (Å²) in [5.74, 6) is 1.23. The lowest BCUT2D eigenvalue weighted by atomic mass is 9.90. The Kier molecular flexibility index (Phi) is 4.10. The fraction of sp³-hybridized carbons (Fsp3) is 0.667. The summed E-state index contributed by atoms with van der Waals surface area (Å²) in [5.41, 5.74) is 0.574. The van der Waals surface area contributed by atoms with E-state index in [1.165, 1.54) is 32.1 Å². The Labute approximate surface area is 95.7 Å². The zero-order valence-corrected chi connectivity index (χ0v) is 9.43. The second-order valence-electron chi connectivity index (χ2n) is 4.32. The first-order chi connectivity index (χ1) is 7.88. The fourth-order valence-electron chi connectivity index (χ4n) is 2.06. The summed E-state index contributed by atoms with van der Waals surface area (Å²) in [6, 6.07) is 0. The first kappa shape index (κ1) is 11.3. The van der Waals surface area contributed by atoms with Crippen molar-refractivity contribution < 1.29 is 9.84 Å². The predicted molar refractivity (Wildman–Crippen MR) is 60.0 cm³/mol. The Morgan fingerprint density at radius 3 is 2.62 bits per heavy atom. The summed E-state index contributed by atoms with van der Waals surface area (Å²) >= 11 is 0. The topological polar surface area (TPSA) is 55.2 Å². The molecule has 0 unspecified atom stereocenters. The summed E-state index contributed by atoms with van der Waals surface area (Å²) in [6.07, 6.45) is 9.67. The number of aromatic nitrogens is 2. The second kappa shape index (κ2) is 5.80. The minimum absolute atomic E-state index is 0.0735. The molecular formula is C12H18N2O2. The van der Waals surface area contributed by atoms with E-state index < -0.39 is 0 Å². The van der Waals surface area contributed by atoms with E-state index in [0.717, 1.165) is 6.61 Å². The van der Waals surface area contributed by atoms with Gasteiger partial charge in [-0.25, -0.2) is 4.98 Å². The molecule has 1 saturated carbocycles. The van der Waals surface area contributed by atoms with Crippen molar-refractivity contribution in [2.24, 2.45) is 5.92 Å². The maximum absolute atomic E-state index is 8.82. The van der Waals surface area contributed by atoms with E-state index in [1.54, 1.807) is 12.4 Å². The molecule has 0 saturated heterocycles. The molecule has 0 aromatic carbocycles. The molecule has 0 amide bonds. The number of aliphatic hydroxyl groups excluding tert-OH is 1. The van der Waals surface area contributed by atoms with Crippen LogP contribution < -0.4 is 4.74 Å². The molecule has 1 fully saturated rings. The number of nitrogens with zero attached hydrogens (tertiary/aromatic N) is 2. The number of ether oxygens (including phenoxy) is 1. The van der Waals surface area contributed by atoms with Crippen molar-refractivity contribution in [3.8, 4) is 5.88 Å². The number of aliphatic hydroxyl groups is 1. The Balaban J connectivity index is 1.79. The van der Waals surface area contributed by atoms with E-state index in [-0.39, 0.29) is 6.61 Å². The van der Waals surface area contributed by atoms with E-state index in [0.29, 0.717) is 17.5 Å². The molecule has 1 heterocycles. The molecule has 1 aromatic rings. The third kappa shape index (κ3) is 3.17. The van der Waals surface area contributed by atoms with Crippen LogP contribution in [0.25, 0.3) is 0 Å². The standard InChI is InChI=1S/C12H18N2O2/c15-8-11-6-14-12(7-13-11)16-9-10-4-2-1-3-5-10/h6-7,10,15H,1-5,8-9H2. The van der Waals surface area contributed by atoms with Crippen LogP contribution in [-0.4, -0.2) is 21.7 Å². The number of rotatable bonds is 4. The van der Waals surface area contributed by atoms with Crippen molar-refractivity contribution in [2.75, 3.05) is 6.61 Å². The SMILES string of the molecule is OCc1cnc(OCC2CCCCC2)cn1. The Morgan fingerprint density at radius 1 is 1.19 bits per heavy atom. The summed E-state index contributed by atoms with van der Waals surface area (Å²) in [5, 5.41) is 8.82. The first-order valence-corrected chi connectivity index (χ1v) is 5.93. The summed E-state index contributed by atoms with van der Waals surface area (Å²) in [6.45, 7) is 0.670. The van der Waals surface area contributed by atoms with Gasteiger partial charge >= 0.3 is 0 Å².